The van der Waals surface area contributed by atoms with Crippen LogP contribution in [0.15, 0.2) is 42.5 Å². The van der Waals surface area contributed by atoms with E-state index in [0.717, 1.165) is 0 Å². The number of hydrogen-bond donors (Lipinski definition) is 2. The number of halogens is 1. The lowest BCUT2D eigenvalue weighted by Gasteiger charge is -2.11. The van der Waals surface area contributed by atoms with Gasteiger partial charge in [-0.05, 0) is 49.2 Å². The molecule has 33 heavy (non-hydrogen) atoms. The summed E-state index contributed by atoms with van der Waals surface area (Å²) in [5.74, 6) is 0.168. The zero-order chi connectivity index (χ0) is 23.8. The number of nitrogen functional groups attached to an aromatic ring is 1. The molecule has 0 unspecified atom stereocenters. The van der Waals surface area contributed by atoms with Crippen LogP contribution < -0.4 is 20.5 Å². The minimum absolute atomic E-state index is 0.174. The normalized spacial score (nSPS) is 10.2. The van der Waals surface area contributed by atoms with E-state index in [0.29, 0.717) is 47.8 Å². The van der Waals surface area contributed by atoms with Gasteiger partial charge >= 0.3 is 0 Å². The number of benzene rings is 2. The van der Waals surface area contributed by atoms with E-state index in [4.69, 9.17) is 20.5 Å². The molecule has 1 heterocycles. The highest BCUT2D eigenvalue weighted by Crippen LogP contribution is 2.27. The average Bonchev–Trinajstić information content (AvgIpc) is 3.15. The highest BCUT2D eigenvalue weighted by atomic mass is 19.1. The molecule has 0 aliphatic rings. The van der Waals surface area contributed by atoms with Crippen molar-refractivity contribution in [2.24, 2.45) is 0 Å². The number of nitrogens with two attached hydrogens (primary N) is 1. The molecule has 3 aromatic rings. The predicted octanol–water partition coefficient (Wildman–Crippen LogP) is 2.47. The minimum Gasteiger partial charge on any atom is -0.493 e. The molecule has 0 radical (unpaired) electrons. The van der Waals surface area contributed by atoms with Crippen LogP contribution in [0.25, 0.3) is 5.69 Å². The van der Waals surface area contributed by atoms with Gasteiger partial charge in [-0.25, -0.2) is 9.07 Å². The van der Waals surface area contributed by atoms with E-state index in [1.165, 1.54) is 42.1 Å². The van der Waals surface area contributed by atoms with Crippen molar-refractivity contribution in [2.45, 2.75) is 12.8 Å². The number of carbonyl (C=O) groups excluding carboxylic acids is 1. The third-order valence-electron chi connectivity index (χ3n) is 4.74. The van der Waals surface area contributed by atoms with Crippen LogP contribution in [-0.4, -0.2) is 35.9 Å². The standard InChI is InChI=1S/C23H21FN6O3/c1-32-21-11-15(12-25)4-9-20(21)33-14-22(31)28-10-2-3-19-18(13-26)23(27)30(29-19)17-7-5-16(24)6-8-17/h4-9,11H,2-3,10,14,27H2,1H3,(H,28,31). The summed E-state index contributed by atoms with van der Waals surface area (Å²) in [4.78, 5) is 12.1. The zero-order valence-corrected chi connectivity index (χ0v) is 17.8. The largest absolute Gasteiger partial charge is 0.493 e. The number of rotatable bonds is 9. The van der Waals surface area contributed by atoms with Gasteiger partial charge in [-0.2, -0.15) is 15.6 Å². The number of nitrogens with one attached hydrogen (secondary N) is 1. The van der Waals surface area contributed by atoms with Crippen molar-refractivity contribution in [3.63, 3.8) is 0 Å². The Kier molecular flexibility index (Phi) is 7.45. The number of hydrogen-bond acceptors (Lipinski definition) is 7. The number of ether oxygens (including phenoxy) is 2. The molecule has 0 saturated heterocycles. The summed E-state index contributed by atoms with van der Waals surface area (Å²) >= 11 is 0. The smallest absolute Gasteiger partial charge is 0.257 e. The summed E-state index contributed by atoms with van der Waals surface area (Å²) in [6.45, 7) is 0.110. The lowest BCUT2D eigenvalue weighted by molar-refractivity contribution is -0.123. The van der Waals surface area contributed by atoms with Gasteiger partial charge in [0.25, 0.3) is 5.91 Å². The van der Waals surface area contributed by atoms with E-state index in [9.17, 15) is 14.4 Å². The van der Waals surface area contributed by atoms with Crippen molar-refractivity contribution in [3.8, 4) is 29.3 Å². The van der Waals surface area contributed by atoms with Crippen LogP contribution in [0, 0.1) is 28.5 Å². The number of anilines is 1. The van der Waals surface area contributed by atoms with Crippen LogP contribution >= 0.6 is 0 Å². The van der Waals surface area contributed by atoms with Crippen molar-refractivity contribution in [1.29, 1.82) is 10.5 Å². The average molecular weight is 448 g/mol. The van der Waals surface area contributed by atoms with E-state index in [1.54, 1.807) is 12.1 Å². The van der Waals surface area contributed by atoms with Gasteiger partial charge in [0.15, 0.2) is 18.1 Å². The Labute approximate surface area is 189 Å². The Bertz CT molecular complexity index is 1220. The third kappa shape index (κ3) is 5.57. The van der Waals surface area contributed by atoms with E-state index in [-0.39, 0.29) is 29.7 Å². The van der Waals surface area contributed by atoms with Crippen molar-refractivity contribution < 1.29 is 18.7 Å². The predicted molar refractivity (Wildman–Crippen MR) is 117 cm³/mol. The SMILES string of the molecule is COc1cc(C#N)ccc1OCC(=O)NCCCc1nn(-c2ccc(F)cc2)c(N)c1C#N. The molecule has 168 valence electrons. The number of nitrogens with zero attached hydrogens (tertiary/aromatic N) is 4. The number of carbonyl (C=O) groups is 1. The van der Waals surface area contributed by atoms with Crippen LogP contribution in [0.5, 0.6) is 11.5 Å². The Balaban J connectivity index is 1.52. The van der Waals surface area contributed by atoms with Gasteiger partial charge in [0.2, 0.25) is 0 Å². The number of amides is 1. The molecule has 10 heteroatoms. The van der Waals surface area contributed by atoms with Gasteiger partial charge in [0.1, 0.15) is 23.3 Å². The van der Waals surface area contributed by atoms with E-state index in [2.05, 4.69) is 16.5 Å². The fourth-order valence-corrected chi connectivity index (χ4v) is 3.09. The van der Waals surface area contributed by atoms with Crippen molar-refractivity contribution in [2.75, 3.05) is 26.0 Å². The highest BCUT2D eigenvalue weighted by Gasteiger charge is 2.16. The number of methoxy groups -OCH3 is 1. The summed E-state index contributed by atoms with van der Waals surface area (Å²) in [5.41, 5.74) is 7.75. The fourth-order valence-electron chi connectivity index (χ4n) is 3.09. The van der Waals surface area contributed by atoms with E-state index in [1.807, 2.05) is 6.07 Å². The van der Waals surface area contributed by atoms with Crippen LogP contribution in [-0.2, 0) is 11.2 Å². The second-order valence-electron chi connectivity index (χ2n) is 6.93. The van der Waals surface area contributed by atoms with Crippen molar-refractivity contribution in [3.05, 3.63) is 65.1 Å². The second-order valence-corrected chi connectivity index (χ2v) is 6.93. The number of nitriles is 2. The highest BCUT2D eigenvalue weighted by molar-refractivity contribution is 5.77. The molecule has 0 spiro atoms. The molecule has 3 N–H and O–H groups in total. The summed E-state index contributed by atoms with van der Waals surface area (Å²) < 4.78 is 25.2. The first-order chi connectivity index (χ1) is 16.0. The Hall–Kier alpha value is -4.57. The molecule has 0 fully saturated rings. The maximum absolute atomic E-state index is 13.2. The van der Waals surface area contributed by atoms with Gasteiger partial charge in [-0.1, -0.05) is 0 Å². The topological polar surface area (TPSA) is 139 Å². The molecular formula is C23H21FN6O3. The first-order valence-corrected chi connectivity index (χ1v) is 9.98. The molecule has 3 rings (SSSR count). The summed E-state index contributed by atoms with van der Waals surface area (Å²) in [5, 5.41) is 25.5. The quantitative estimate of drug-likeness (QED) is 0.479. The molecule has 9 nitrogen and oxygen atoms in total. The van der Waals surface area contributed by atoms with E-state index >= 15 is 0 Å². The zero-order valence-electron chi connectivity index (χ0n) is 17.8. The molecular weight excluding hydrogens is 427 g/mol. The fraction of sp³-hybridized carbons (Fsp3) is 0.217. The first kappa shape index (κ1) is 23.1. The summed E-state index contributed by atoms with van der Waals surface area (Å²) in [6, 6.07) is 14.3. The lowest BCUT2D eigenvalue weighted by Crippen LogP contribution is -2.30. The lowest BCUT2D eigenvalue weighted by atomic mass is 10.1. The Morgan fingerprint density at radius 2 is 1.94 bits per heavy atom. The first-order valence-electron chi connectivity index (χ1n) is 9.98. The van der Waals surface area contributed by atoms with Crippen LogP contribution in [0.2, 0.25) is 0 Å². The van der Waals surface area contributed by atoms with Gasteiger partial charge in [-0.15, -0.1) is 0 Å². The molecule has 0 aliphatic heterocycles. The van der Waals surface area contributed by atoms with Gasteiger partial charge < -0.3 is 20.5 Å². The Morgan fingerprint density at radius 3 is 2.61 bits per heavy atom. The van der Waals surface area contributed by atoms with Gasteiger partial charge in [-0.3, -0.25) is 4.79 Å². The molecule has 0 saturated carbocycles. The molecule has 0 aliphatic carbocycles. The molecule has 1 amide bonds. The Morgan fingerprint density at radius 1 is 1.18 bits per heavy atom. The summed E-state index contributed by atoms with van der Waals surface area (Å²) in [7, 11) is 1.45. The molecule has 0 bridgehead atoms. The number of aromatic nitrogens is 2. The molecule has 1 aromatic heterocycles. The van der Waals surface area contributed by atoms with Crippen molar-refractivity contribution >= 4 is 11.7 Å². The molecule has 0 atom stereocenters. The maximum atomic E-state index is 13.2. The van der Waals surface area contributed by atoms with E-state index < -0.39 is 0 Å². The second kappa shape index (κ2) is 10.6. The minimum atomic E-state index is -0.387. The van der Waals surface area contributed by atoms with Gasteiger partial charge in [0.05, 0.1) is 30.1 Å². The monoisotopic (exact) mass is 448 g/mol. The molecule has 2 aromatic carbocycles. The summed E-state index contributed by atoms with van der Waals surface area (Å²) in [6.07, 6.45) is 0.923. The van der Waals surface area contributed by atoms with Crippen molar-refractivity contribution in [1.82, 2.24) is 15.1 Å². The number of aryl methyl sites for hydroxylation is 1. The van der Waals surface area contributed by atoms with Crippen LogP contribution in [0.1, 0.15) is 23.2 Å². The van der Waals surface area contributed by atoms with Crippen LogP contribution in [0.3, 0.4) is 0 Å². The van der Waals surface area contributed by atoms with Gasteiger partial charge in [0, 0.05) is 12.6 Å². The maximum Gasteiger partial charge on any atom is 0.257 e. The third-order valence-corrected chi connectivity index (χ3v) is 4.74. The van der Waals surface area contributed by atoms with Crippen LogP contribution in [0.4, 0.5) is 10.2 Å².